The normalized spacial score (nSPS) is 12.4. The van der Waals surface area contributed by atoms with Crippen LogP contribution in [0.4, 0.5) is 4.79 Å². The van der Waals surface area contributed by atoms with Gasteiger partial charge in [-0.3, -0.25) is 43.4 Å². The van der Waals surface area contributed by atoms with Crippen LogP contribution in [0.1, 0.15) is 53.9 Å². The van der Waals surface area contributed by atoms with Crippen molar-refractivity contribution in [1.29, 1.82) is 0 Å². The molecule has 27 nitrogen and oxygen atoms in total. The number of carboxylic acids is 6. The predicted molar refractivity (Wildman–Crippen MR) is 247 cm³/mol. The molecule has 1 aromatic heterocycles. The van der Waals surface area contributed by atoms with Gasteiger partial charge in [-0.15, -0.1) is 0 Å². The Bertz CT molecular complexity index is 2310. The molecule has 0 radical (unpaired) electrons. The standard InChI is InChI=1S/C44H60N10O17/c55-35(23-45-13-15-53(25-38(60)61)17-18-54(26-39(62)63)16-14-46-24-37(58)59)48-22-30-21-34(52-71-30)41(65)49-33(20-27-8-9-28-5-1-2-6-29(28)19-27)40(64)47-12-4-3-7-31(42(66)67)50-44(70)51-32(43(68)69)10-11-36(56)57/h1-2,5-6,8-9,19,21,31-33,45-46H,3-4,7,10-18,20,22-26H2,(H,47,64)(H,48,55)(H,49,65)(H,56,57)(H,58,59)(H,60,61)(H,62,63)(H,66,67)(H,68,69)(H2,50,51,70)/t31-,32-,33-/m0/s1. The number of unbranched alkanes of at least 4 members (excludes halogenated alkanes) is 1. The molecule has 3 atom stereocenters. The molecule has 27 heteroatoms. The van der Waals surface area contributed by atoms with Crippen LogP contribution in [0.25, 0.3) is 10.8 Å². The zero-order valence-corrected chi connectivity index (χ0v) is 38.6. The van der Waals surface area contributed by atoms with Gasteiger partial charge in [0.25, 0.3) is 5.91 Å². The number of hydrogen-bond donors (Lipinski definition) is 13. The number of carbonyl (C=O) groups is 10. The fraction of sp³-hybridized carbons (Fsp3) is 0.477. The van der Waals surface area contributed by atoms with Gasteiger partial charge in [0.05, 0.1) is 32.7 Å². The summed E-state index contributed by atoms with van der Waals surface area (Å²) in [5.41, 5.74) is 0.507. The lowest BCUT2D eigenvalue weighted by Gasteiger charge is -2.26. The second-order valence-corrected chi connectivity index (χ2v) is 16.1. The Morgan fingerprint density at radius 1 is 0.592 bits per heavy atom. The van der Waals surface area contributed by atoms with Crippen molar-refractivity contribution in [2.45, 2.75) is 63.2 Å². The van der Waals surface area contributed by atoms with Crippen LogP contribution in [0.5, 0.6) is 0 Å². The topological polar surface area (TPSA) is 409 Å². The second-order valence-electron chi connectivity index (χ2n) is 16.1. The van der Waals surface area contributed by atoms with E-state index in [-0.39, 0.29) is 116 Å². The molecule has 0 fully saturated rings. The molecule has 3 rings (SSSR count). The van der Waals surface area contributed by atoms with Crippen molar-refractivity contribution in [3.05, 3.63) is 65.5 Å². The Kier molecular flexibility index (Phi) is 24.9. The molecule has 0 unspecified atom stereocenters. The minimum Gasteiger partial charge on any atom is -0.481 e. The first-order chi connectivity index (χ1) is 33.8. The highest BCUT2D eigenvalue weighted by Crippen LogP contribution is 2.17. The number of carboxylic acid groups (broad SMARTS) is 6. The Hall–Kier alpha value is -7.75. The number of urea groups is 1. The average Bonchev–Trinajstić information content (AvgIpc) is 3.79. The van der Waals surface area contributed by atoms with Crippen LogP contribution in [-0.2, 0) is 51.3 Å². The molecule has 0 aliphatic heterocycles. The van der Waals surface area contributed by atoms with Crippen LogP contribution in [0.15, 0.2) is 53.1 Å². The molecular formula is C44H60N10O17. The molecule has 71 heavy (non-hydrogen) atoms. The van der Waals surface area contributed by atoms with Crippen molar-refractivity contribution in [1.82, 2.24) is 52.2 Å². The summed E-state index contributed by atoms with van der Waals surface area (Å²) in [6.07, 6.45) is -0.628. The van der Waals surface area contributed by atoms with Gasteiger partial charge in [0.1, 0.15) is 18.1 Å². The number of benzene rings is 2. The fourth-order valence-corrected chi connectivity index (χ4v) is 6.82. The third-order valence-corrected chi connectivity index (χ3v) is 10.4. The molecule has 0 bridgehead atoms. The largest absolute Gasteiger partial charge is 0.481 e. The summed E-state index contributed by atoms with van der Waals surface area (Å²) in [4.78, 5) is 123. The highest BCUT2D eigenvalue weighted by Gasteiger charge is 2.27. The van der Waals surface area contributed by atoms with Crippen molar-refractivity contribution in [3.63, 3.8) is 0 Å². The molecule has 0 saturated heterocycles. The first-order valence-electron chi connectivity index (χ1n) is 22.3. The SMILES string of the molecule is O=C(O)CC[C@H](NC(=O)N[C@@H](CCCCNC(=O)[C@H](Cc1ccc2ccccc2c1)NC(=O)c1cc(CNC(=O)CNCCN(CCN(CCNCC(=O)O)CC(=O)O)CC(=O)O)on1)C(=O)O)C(=O)O. The molecule has 388 valence electrons. The number of rotatable bonds is 36. The first-order valence-corrected chi connectivity index (χ1v) is 22.3. The third kappa shape index (κ3) is 23.4. The second kappa shape index (κ2) is 30.7. The summed E-state index contributed by atoms with van der Waals surface area (Å²) in [7, 11) is 0. The molecular weight excluding hydrogens is 941 g/mol. The van der Waals surface area contributed by atoms with E-state index in [1.54, 1.807) is 11.0 Å². The first kappa shape index (κ1) is 57.6. The number of hydrogen-bond acceptors (Lipinski definition) is 16. The molecule has 3 aromatic rings. The number of amides is 5. The molecule has 13 N–H and O–H groups in total. The van der Waals surface area contributed by atoms with Gasteiger partial charge >= 0.3 is 41.8 Å². The average molecular weight is 1000 g/mol. The van der Waals surface area contributed by atoms with E-state index < -0.39 is 90.5 Å². The summed E-state index contributed by atoms with van der Waals surface area (Å²) in [6.45, 7) is -0.207. The zero-order valence-electron chi connectivity index (χ0n) is 38.6. The van der Waals surface area contributed by atoms with E-state index >= 15 is 0 Å². The predicted octanol–water partition coefficient (Wildman–Crippen LogP) is -1.82. The Balaban J connectivity index is 1.52. The summed E-state index contributed by atoms with van der Waals surface area (Å²) in [5, 5.41) is 78.5. The van der Waals surface area contributed by atoms with E-state index in [4.69, 9.17) is 14.7 Å². The molecule has 0 saturated carbocycles. The van der Waals surface area contributed by atoms with E-state index in [0.717, 1.165) is 10.8 Å². The van der Waals surface area contributed by atoms with Crippen molar-refractivity contribution in [2.24, 2.45) is 0 Å². The number of carbonyl (C=O) groups excluding carboxylic acids is 4. The summed E-state index contributed by atoms with van der Waals surface area (Å²) < 4.78 is 5.25. The van der Waals surface area contributed by atoms with E-state index in [1.165, 1.54) is 11.0 Å². The fourth-order valence-electron chi connectivity index (χ4n) is 6.82. The number of nitrogens with one attached hydrogen (secondary N) is 7. The third-order valence-electron chi connectivity index (χ3n) is 10.4. The van der Waals surface area contributed by atoms with Gasteiger partial charge in [-0.1, -0.05) is 47.6 Å². The Morgan fingerprint density at radius 3 is 1.79 bits per heavy atom. The molecule has 0 spiro atoms. The van der Waals surface area contributed by atoms with Gasteiger partial charge in [-0.2, -0.15) is 0 Å². The Morgan fingerprint density at radius 2 is 1.20 bits per heavy atom. The summed E-state index contributed by atoms with van der Waals surface area (Å²) >= 11 is 0. The van der Waals surface area contributed by atoms with Gasteiger partial charge in [0, 0.05) is 64.7 Å². The molecule has 0 aliphatic rings. The maximum absolute atomic E-state index is 13.6. The van der Waals surface area contributed by atoms with E-state index in [0.29, 0.717) is 5.56 Å². The van der Waals surface area contributed by atoms with Gasteiger partial charge in [0.15, 0.2) is 11.5 Å². The summed E-state index contributed by atoms with van der Waals surface area (Å²) in [5.74, 6) is -9.23. The van der Waals surface area contributed by atoms with Crippen molar-refractivity contribution in [3.8, 4) is 0 Å². The lowest BCUT2D eigenvalue weighted by atomic mass is 10.0. The minimum atomic E-state index is -1.57. The number of nitrogens with zero attached hydrogens (tertiary/aromatic N) is 3. The van der Waals surface area contributed by atoms with Crippen LogP contribution in [0, 0.1) is 0 Å². The van der Waals surface area contributed by atoms with Gasteiger partial charge < -0.3 is 72.4 Å². The molecule has 1 heterocycles. The highest BCUT2D eigenvalue weighted by molar-refractivity contribution is 5.96. The van der Waals surface area contributed by atoms with Crippen LogP contribution < -0.4 is 37.2 Å². The van der Waals surface area contributed by atoms with Gasteiger partial charge in [-0.05, 0) is 42.0 Å². The number of aliphatic carboxylic acids is 6. The van der Waals surface area contributed by atoms with Gasteiger partial charge in [0.2, 0.25) is 11.8 Å². The number of fused-ring (bicyclic) bond motifs is 1. The van der Waals surface area contributed by atoms with E-state index in [2.05, 4.69) is 42.4 Å². The monoisotopic (exact) mass is 1000 g/mol. The van der Waals surface area contributed by atoms with Crippen molar-refractivity contribution in [2.75, 3.05) is 72.0 Å². The number of aromatic nitrogens is 1. The molecule has 5 amide bonds. The van der Waals surface area contributed by atoms with Gasteiger partial charge in [-0.25, -0.2) is 14.4 Å². The lowest BCUT2D eigenvalue weighted by molar-refractivity contribution is -0.141. The maximum atomic E-state index is 13.6. The van der Waals surface area contributed by atoms with Crippen molar-refractivity contribution >= 4 is 70.3 Å². The smallest absolute Gasteiger partial charge is 0.326 e. The van der Waals surface area contributed by atoms with Crippen molar-refractivity contribution < 1.29 is 83.1 Å². The lowest BCUT2D eigenvalue weighted by Crippen LogP contribution is -2.51. The highest BCUT2D eigenvalue weighted by atomic mass is 16.5. The van der Waals surface area contributed by atoms with Crippen LogP contribution in [0.3, 0.4) is 0 Å². The zero-order chi connectivity index (χ0) is 52.3. The van der Waals surface area contributed by atoms with Crippen LogP contribution >= 0.6 is 0 Å². The van der Waals surface area contributed by atoms with Crippen LogP contribution in [0.2, 0.25) is 0 Å². The van der Waals surface area contributed by atoms with Crippen LogP contribution in [-0.4, -0.2) is 195 Å². The molecule has 0 aliphatic carbocycles. The maximum Gasteiger partial charge on any atom is 0.326 e. The molecule has 2 aromatic carbocycles. The minimum absolute atomic E-state index is 0.0330. The van der Waals surface area contributed by atoms with E-state index in [1.807, 2.05) is 36.4 Å². The van der Waals surface area contributed by atoms with E-state index in [9.17, 15) is 68.4 Å². The quantitative estimate of drug-likeness (QED) is 0.0285. The summed E-state index contributed by atoms with van der Waals surface area (Å²) in [6, 6.07) is 9.08. The Labute approximate surface area is 405 Å².